The number of aromatic hydroxyl groups is 1. The molecule has 0 heterocycles. The summed E-state index contributed by atoms with van der Waals surface area (Å²) >= 11 is 5.78. The molecule has 3 nitrogen and oxygen atoms in total. The van der Waals surface area contributed by atoms with Crippen LogP contribution >= 0.6 is 11.6 Å². The summed E-state index contributed by atoms with van der Waals surface area (Å²) in [5.74, 6) is -1.37. The van der Waals surface area contributed by atoms with Crippen molar-refractivity contribution in [2.45, 2.75) is 12.8 Å². The molecule has 0 saturated heterocycles. The highest BCUT2D eigenvalue weighted by Crippen LogP contribution is 2.36. The first-order chi connectivity index (χ1) is 7.11. The minimum atomic E-state index is -0.822. The molecule has 0 fully saturated rings. The molecule has 1 rings (SSSR count). The lowest BCUT2D eigenvalue weighted by Crippen LogP contribution is -2.01. The second-order valence-electron chi connectivity index (χ2n) is 3.11. The highest BCUT2D eigenvalue weighted by molar-refractivity contribution is 6.32. The Labute approximate surface area is 92.6 Å². The van der Waals surface area contributed by atoms with Crippen molar-refractivity contribution in [3.8, 4) is 11.5 Å². The van der Waals surface area contributed by atoms with E-state index in [0.29, 0.717) is 24.9 Å². The fourth-order valence-electron chi connectivity index (χ4n) is 1.31. The van der Waals surface area contributed by atoms with E-state index in [9.17, 15) is 9.50 Å². The number of phenols is 1. The van der Waals surface area contributed by atoms with Gasteiger partial charge in [-0.15, -0.1) is 0 Å². The number of methoxy groups -OCH3 is 1. The monoisotopic (exact) mass is 233 g/mol. The number of halogens is 2. The molecule has 84 valence electrons. The Kier molecular flexibility index (Phi) is 4.17. The highest BCUT2D eigenvalue weighted by Gasteiger charge is 2.16. The molecule has 1 aromatic carbocycles. The van der Waals surface area contributed by atoms with Gasteiger partial charge in [0, 0.05) is 0 Å². The predicted octanol–water partition coefficient (Wildman–Crippen LogP) is 2.08. The molecule has 0 amide bonds. The summed E-state index contributed by atoms with van der Waals surface area (Å²) in [6.07, 6.45) is 1.15. The van der Waals surface area contributed by atoms with Gasteiger partial charge >= 0.3 is 0 Å². The molecule has 0 aliphatic rings. The zero-order valence-corrected chi connectivity index (χ0v) is 9.14. The van der Waals surface area contributed by atoms with Crippen LogP contribution in [0.1, 0.15) is 12.0 Å². The van der Waals surface area contributed by atoms with E-state index in [1.165, 1.54) is 13.2 Å². The summed E-state index contributed by atoms with van der Waals surface area (Å²) in [5, 5.41) is 9.66. The molecule has 1 aromatic rings. The minimum Gasteiger partial charge on any atom is -0.505 e. The van der Waals surface area contributed by atoms with Gasteiger partial charge in [-0.3, -0.25) is 0 Å². The summed E-state index contributed by atoms with van der Waals surface area (Å²) in [6.45, 7) is 0.477. The van der Waals surface area contributed by atoms with Crippen LogP contribution in [0.2, 0.25) is 5.02 Å². The largest absolute Gasteiger partial charge is 0.505 e. The second-order valence-corrected chi connectivity index (χ2v) is 3.51. The molecule has 5 heteroatoms. The van der Waals surface area contributed by atoms with Crippen LogP contribution in [0.5, 0.6) is 11.5 Å². The molecule has 0 aliphatic carbocycles. The maximum Gasteiger partial charge on any atom is 0.208 e. The predicted molar refractivity (Wildman–Crippen MR) is 57.0 cm³/mol. The lowest BCUT2D eigenvalue weighted by Gasteiger charge is -2.10. The molecule has 0 bridgehead atoms. The highest BCUT2D eigenvalue weighted by atomic mass is 35.5. The van der Waals surface area contributed by atoms with Crippen molar-refractivity contribution < 1.29 is 14.2 Å². The molecule has 0 atom stereocenters. The van der Waals surface area contributed by atoms with Crippen LogP contribution in [-0.2, 0) is 6.42 Å². The number of benzene rings is 1. The summed E-state index contributed by atoms with van der Waals surface area (Å²) in [7, 11) is 1.29. The first-order valence-corrected chi connectivity index (χ1v) is 4.93. The van der Waals surface area contributed by atoms with Crippen LogP contribution < -0.4 is 10.5 Å². The minimum absolute atomic E-state index is 0.134. The van der Waals surface area contributed by atoms with Gasteiger partial charge in [0.1, 0.15) is 0 Å². The smallest absolute Gasteiger partial charge is 0.208 e. The SMILES string of the molecule is COc1c(Cl)cc(CCCN)c(O)c1F. The average molecular weight is 234 g/mol. The maximum absolute atomic E-state index is 13.5. The van der Waals surface area contributed by atoms with E-state index in [-0.39, 0.29) is 10.8 Å². The van der Waals surface area contributed by atoms with Crippen LogP contribution in [0, 0.1) is 5.82 Å². The van der Waals surface area contributed by atoms with Gasteiger partial charge in [-0.2, -0.15) is 4.39 Å². The van der Waals surface area contributed by atoms with Gasteiger partial charge in [-0.05, 0) is 31.0 Å². The van der Waals surface area contributed by atoms with Crippen LogP contribution in [0.3, 0.4) is 0 Å². The van der Waals surface area contributed by atoms with Crippen molar-refractivity contribution in [2.75, 3.05) is 13.7 Å². The summed E-state index contributed by atoms with van der Waals surface area (Å²) in [5.41, 5.74) is 5.77. The first kappa shape index (κ1) is 12.1. The van der Waals surface area contributed by atoms with E-state index in [0.717, 1.165) is 0 Å². The Bertz CT molecular complexity index is 358. The molecular formula is C10H13ClFNO2. The zero-order valence-electron chi connectivity index (χ0n) is 8.39. The van der Waals surface area contributed by atoms with Crippen molar-refractivity contribution in [1.29, 1.82) is 0 Å². The molecule has 0 unspecified atom stereocenters. The van der Waals surface area contributed by atoms with E-state index in [2.05, 4.69) is 0 Å². The molecular weight excluding hydrogens is 221 g/mol. The Hall–Kier alpha value is -1.00. The van der Waals surface area contributed by atoms with E-state index in [1.54, 1.807) is 0 Å². The van der Waals surface area contributed by atoms with Gasteiger partial charge < -0.3 is 15.6 Å². The number of nitrogens with two attached hydrogens (primary N) is 1. The van der Waals surface area contributed by atoms with Crippen LogP contribution in [0.4, 0.5) is 4.39 Å². The second kappa shape index (κ2) is 5.19. The Morgan fingerprint density at radius 3 is 2.80 bits per heavy atom. The molecule has 0 spiro atoms. The number of hydrogen-bond donors (Lipinski definition) is 2. The van der Waals surface area contributed by atoms with Crippen molar-refractivity contribution in [3.63, 3.8) is 0 Å². The van der Waals surface area contributed by atoms with Crippen LogP contribution in [0.25, 0.3) is 0 Å². The standard InChI is InChI=1S/C10H13ClFNO2/c1-15-10-7(11)5-6(3-2-4-13)9(14)8(10)12/h5,14H,2-4,13H2,1H3. The zero-order chi connectivity index (χ0) is 11.4. The normalized spacial score (nSPS) is 10.4. The lowest BCUT2D eigenvalue weighted by atomic mass is 10.1. The first-order valence-electron chi connectivity index (χ1n) is 4.55. The Balaban J connectivity index is 3.10. The van der Waals surface area contributed by atoms with Crippen LogP contribution in [0.15, 0.2) is 6.07 Å². The van der Waals surface area contributed by atoms with E-state index >= 15 is 0 Å². The molecule has 0 radical (unpaired) electrons. The van der Waals surface area contributed by atoms with Gasteiger partial charge in [0.25, 0.3) is 0 Å². The van der Waals surface area contributed by atoms with Crippen molar-refractivity contribution >= 4 is 11.6 Å². The number of ether oxygens (including phenoxy) is 1. The quantitative estimate of drug-likeness (QED) is 0.837. The summed E-state index contributed by atoms with van der Waals surface area (Å²) in [4.78, 5) is 0. The van der Waals surface area contributed by atoms with Gasteiger partial charge in [0.05, 0.1) is 12.1 Å². The Morgan fingerprint density at radius 1 is 1.60 bits per heavy atom. The topological polar surface area (TPSA) is 55.5 Å². The van der Waals surface area contributed by atoms with Crippen molar-refractivity contribution in [3.05, 3.63) is 22.5 Å². The fourth-order valence-corrected chi connectivity index (χ4v) is 1.60. The van der Waals surface area contributed by atoms with Gasteiger partial charge in [-0.1, -0.05) is 11.6 Å². The molecule has 3 N–H and O–H groups in total. The maximum atomic E-state index is 13.5. The van der Waals surface area contributed by atoms with E-state index < -0.39 is 11.6 Å². The molecule has 0 aliphatic heterocycles. The van der Waals surface area contributed by atoms with Crippen molar-refractivity contribution in [2.24, 2.45) is 5.73 Å². The third-order valence-electron chi connectivity index (χ3n) is 2.08. The summed E-state index contributed by atoms with van der Waals surface area (Å²) in [6, 6.07) is 1.49. The number of hydrogen-bond acceptors (Lipinski definition) is 3. The van der Waals surface area contributed by atoms with Gasteiger partial charge in [-0.25, -0.2) is 0 Å². The number of aryl methyl sites for hydroxylation is 1. The van der Waals surface area contributed by atoms with Crippen molar-refractivity contribution in [1.82, 2.24) is 0 Å². The van der Waals surface area contributed by atoms with E-state index in [1.807, 2.05) is 0 Å². The molecule has 0 aromatic heterocycles. The summed E-state index contributed by atoms with van der Waals surface area (Å²) < 4.78 is 18.2. The van der Waals surface area contributed by atoms with Gasteiger partial charge in [0.2, 0.25) is 5.82 Å². The van der Waals surface area contributed by atoms with Gasteiger partial charge in [0.15, 0.2) is 11.5 Å². The molecule has 0 saturated carbocycles. The molecule has 15 heavy (non-hydrogen) atoms. The number of phenolic OH excluding ortho intramolecular Hbond substituents is 1. The lowest BCUT2D eigenvalue weighted by molar-refractivity contribution is 0.362. The average Bonchev–Trinajstić information content (AvgIpc) is 2.22. The Morgan fingerprint density at radius 2 is 2.27 bits per heavy atom. The number of rotatable bonds is 4. The van der Waals surface area contributed by atoms with Crippen LogP contribution in [-0.4, -0.2) is 18.8 Å². The van der Waals surface area contributed by atoms with E-state index in [4.69, 9.17) is 22.1 Å². The fraction of sp³-hybridized carbons (Fsp3) is 0.400. The third kappa shape index (κ3) is 2.52. The third-order valence-corrected chi connectivity index (χ3v) is 2.36.